The van der Waals surface area contributed by atoms with Gasteiger partial charge in [0.25, 0.3) is 6.08 Å². The first-order valence-electron chi connectivity index (χ1n) is 8.94. The number of ether oxygens (including phenoxy) is 1. The lowest BCUT2D eigenvalue weighted by Gasteiger charge is -2.26. The number of hydrogen-bond donors (Lipinski definition) is 0. The number of allylic oxidation sites excluding steroid dienone is 1. The van der Waals surface area contributed by atoms with E-state index < -0.39 is 6.08 Å². The van der Waals surface area contributed by atoms with Crippen LogP contribution >= 0.6 is 0 Å². The zero-order valence-electron chi connectivity index (χ0n) is 14.1. The molecule has 0 aromatic heterocycles. The van der Waals surface area contributed by atoms with E-state index >= 15 is 0 Å². The summed E-state index contributed by atoms with van der Waals surface area (Å²) >= 11 is 0. The number of hydrogen-bond acceptors (Lipinski definition) is 1. The summed E-state index contributed by atoms with van der Waals surface area (Å²) in [6.45, 7) is 2.99. The molecule has 0 saturated heterocycles. The molecule has 0 spiro atoms. The van der Waals surface area contributed by atoms with Crippen LogP contribution in [0.25, 0.3) is 0 Å². The van der Waals surface area contributed by atoms with Crippen molar-refractivity contribution in [3.63, 3.8) is 0 Å². The highest BCUT2D eigenvalue weighted by Crippen LogP contribution is 2.37. The smallest absolute Gasteiger partial charge is 0.266 e. The molecule has 1 fully saturated rings. The van der Waals surface area contributed by atoms with Crippen LogP contribution in [0.15, 0.2) is 36.4 Å². The lowest BCUT2D eigenvalue weighted by molar-refractivity contribution is 0.304. The highest BCUT2D eigenvalue weighted by atomic mass is 19.3. The minimum absolute atomic E-state index is 0.0574. The van der Waals surface area contributed by atoms with Gasteiger partial charge in [-0.25, -0.2) is 0 Å². The molecule has 1 saturated carbocycles. The molecule has 1 aromatic carbocycles. The number of halogens is 2. The van der Waals surface area contributed by atoms with Gasteiger partial charge in [0.15, 0.2) is 0 Å². The van der Waals surface area contributed by atoms with Crippen LogP contribution in [0.2, 0.25) is 0 Å². The van der Waals surface area contributed by atoms with Crippen LogP contribution in [0.5, 0.6) is 5.75 Å². The fourth-order valence-corrected chi connectivity index (χ4v) is 3.35. The summed E-state index contributed by atoms with van der Waals surface area (Å²) < 4.78 is 30.4. The first-order valence-corrected chi connectivity index (χ1v) is 8.94. The Hall–Kier alpha value is -1.38. The monoisotopic (exact) mass is 322 g/mol. The summed E-state index contributed by atoms with van der Waals surface area (Å²) in [5.41, 5.74) is 1.31. The van der Waals surface area contributed by atoms with Crippen LogP contribution in [0.3, 0.4) is 0 Å². The third-order valence-corrected chi connectivity index (χ3v) is 4.75. The van der Waals surface area contributed by atoms with Gasteiger partial charge in [-0.3, -0.25) is 0 Å². The zero-order chi connectivity index (χ0) is 16.5. The SMILES string of the molecule is CCCCCCOc1ccc(C2CCC(C=C(F)F)CC2)cc1. The zero-order valence-corrected chi connectivity index (χ0v) is 14.1. The van der Waals surface area contributed by atoms with Crippen LogP contribution < -0.4 is 4.74 Å². The van der Waals surface area contributed by atoms with Crippen molar-refractivity contribution in [3.8, 4) is 5.75 Å². The molecule has 1 nitrogen and oxygen atoms in total. The maximum absolute atomic E-state index is 12.3. The fourth-order valence-electron chi connectivity index (χ4n) is 3.35. The van der Waals surface area contributed by atoms with Crippen LogP contribution in [0.1, 0.15) is 69.8 Å². The molecule has 0 unspecified atom stereocenters. The third kappa shape index (κ3) is 6.32. The van der Waals surface area contributed by atoms with Crippen LogP contribution in [-0.2, 0) is 0 Å². The summed E-state index contributed by atoms with van der Waals surface area (Å²) in [5.74, 6) is 1.49. The van der Waals surface area contributed by atoms with Gasteiger partial charge >= 0.3 is 0 Å². The molecule has 1 aromatic rings. The van der Waals surface area contributed by atoms with Gasteiger partial charge in [-0.2, -0.15) is 8.78 Å². The second-order valence-corrected chi connectivity index (χ2v) is 6.55. The number of benzene rings is 1. The van der Waals surface area contributed by atoms with E-state index in [0.29, 0.717) is 5.92 Å². The molecule has 1 aliphatic carbocycles. The lowest BCUT2D eigenvalue weighted by atomic mass is 9.79. The average molecular weight is 322 g/mol. The Morgan fingerprint density at radius 2 is 1.74 bits per heavy atom. The number of unbranched alkanes of at least 4 members (excludes halogenated alkanes) is 3. The molecule has 0 bridgehead atoms. The van der Waals surface area contributed by atoms with Crippen LogP contribution in [0.4, 0.5) is 8.78 Å². The van der Waals surface area contributed by atoms with Gasteiger partial charge in [0.1, 0.15) is 5.75 Å². The molecule has 0 N–H and O–H groups in total. The van der Waals surface area contributed by atoms with Crippen molar-refractivity contribution in [3.05, 3.63) is 42.0 Å². The Morgan fingerprint density at radius 3 is 2.35 bits per heavy atom. The Morgan fingerprint density at radius 1 is 1.04 bits per heavy atom. The second-order valence-electron chi connectivity index (χ2n) is 6.55. The quantitative estimate of drug-likeness (QED) is 0.484. The van der Waals surface area contributed by atoms with E-state index in [2.05, 4.69) is 19.1 Å². The molecular weight excluding hydrogens is 294 g/mol. The Labute approximate surface area is 138 Å². The second kappa shape index (κ2) is 9.69. The van der Waals surface area contributed by atoms with Crippen LogP contribution in [-0.4, -0.2) is 6.61 Å². The molecule has 0 atom stereocenters. The molecule has 2 rings (SSSR count). The molecule has 0 radical (unpaired) electrons. The molecular formula is C20H28F2O. The van der Waals surface area contributed by atoms with E-state index in [9.17, 15) is 8.78 Å². The molecule has 0 aliphatic heterocycles. The highest BCUT2D eigenvalue weighted by Gasteiger charge is 2.21. The molecule has 3 heteroatoms. The van der Waals surface area contributed by atoms with E-state index in [-0.39, 0.29) is 5.92 Å². The van der Waals surface area contributed by atoms with E-state index in [1.807, 2.05) is 12.1 Å². The van der Waals surface area contributed by atoms with Gasteiger partial charge in [-0.05, 0) is 67.7 Å². The van der Waals surface area contributed by atoms with E-state index in [1.165, 1.54) is 24.8 Å². The summed E-state index contributed by atoms with van der Waals surface area (Å²) in [6, 6.07) is 8.36. The normalized spacial score (nSPS) is 21.0. The van der Waals surface area contributed by atoms with Crippen molar-refractivity contribution in [2.45, 2.75) is 64.2 Å². The van der Waals surface area contributed by atoms with Crippen molar-refractivity contribution in [1.82, 2.24) is 0 Å². The van der Waals surface area contributed by atoms with Gasteiger partial charge < -0.3 is 4.74 Å². The third-order valence-electron chi connectivity index (χ3n) is 4.75. The summed E-state index contributed by atoms with van der Waals surface area (Å²) in [5, 5.41) is 0. The minimum atomic E-state index is -1.53. The summed E-state index contributed by atoms with van der Waals surface area (Å²) in [4.78, 5) is 0. The van der Waals surface area contributed by atoms with E-state index in [1.54, 1.807) is 0 Å². The minimum Gasteiger partial charge on any atom is -0.494 e. The van der Waals surface area contributed by atoms with Crippen LogP contribution in [0, 0.1) is 5.92 Å². The Bertz CT molecular complexity index is 469. The largest absolute Gasteiger partial charge is 0.494 e. The predicted octanol–water partition coefficient (Wildman–Crippen LogP) is 6.70. The van der Waals surface area contributed by atoms with Gasteiger partial charge in [0, 0.05) is 0 Å². The summed E-state index contributed by atoms with van der Waals surface area (Å²) in [7, 11) is 0. The van der Waals surface area contributed by atoms with Gasteiger partial charge in [-0.15, -0.1) is 0 Å². The van der Waals surface area contributed by atoms with E-state index in [4.69, 9.17) is 4.74 Å². The highest BCUT2D eigenvalue weighted by molar-refractivity contribution is 5.29. The summed E-state index contributed by atoms with van der Waals surface area (Å²) in [6.07, 6.45) is 8.15. The Balaban J connectivity index is 1.76. The first kappa shape index (κ1) is 18.0. The van der Waals surface area contributed by atoms with Gasteiger partial charge in [0.2, 0.25) is 0 Å². The topological polar surface area (TPSA) is 9.23 Å². The Kier molecular flexibility index (Phi) is 7.57. The maximum atomic E-state index is 12.3. The van der Waals surface area contributed by atoms with Crippen molar-refractivity contribution in [2.24, 2.45) is 5.92 Å². The molecule has 23 heavy (non-hydrogen) atoms. The molecule has 0 heterocycles. The average Bonchev–Trinajstić information content (AvgIpc) is 2.55. The lowest BCUT2D eigenvalue weighted by Crippen LogP contribution is -2.11. The van der Waals surface area contributed by atoms with E-state index in [0.717, 1.165) is 50.5 Å². The predicted molar refractivity (Wildman–Crippen MR) is 91.1 cm³/mol. The molecule has 1 aliphatic rings. The fraction of sp³-hybridized carbons (Fsp3) is 0.600. The number of rotatable bonds is 8. The van der Waals surface area contributed by atoms with Gasteiger partial charge in [0.05, 0.1) is 6.61 Å². The van der Waals surface area contributed by atoms with Crippen molar-refractivity contribution in [2.75, 3.05) is 6.61 Å². The molecule has 0 amide bonds. The molecule has 128 valence electrons. The maximum Gasteiger partial charge on any atom is 0.266 e. The van der Waals surface area contributed by atoms with Crippen molar-refractivity contribution >= 4 is 0 Å². The standard InChI is InChI=1S/C20H28F2O/c1-2-3-4-5-14-23-19-12-10-18(11-13-19)17-8-6-16(7-9-17)15-20(21)22/h10-13,15-17H,2-9,14H2,1H3. The van der Waals surface area contributed by atoms with Gasteiger partial charge in [-0.1, -0.05) is 38.3 Å². The first-order chi connectivity index (χ1) is 11.2. The van der Waals surface area contributed by atoms with Crippen molar-refractivity contribution < 1.29 is 13.5 Å². The van der Waals surface area contributed by atoms with Crippen molar-refractivity contribution in [1.29, 1.82) is 0 Å².